The van der Waals surface area contributed by atoms with Gasteiger partial charge >= 0.3 is 53.1 Å². The SMILES string of the molecule is CC(C)(C)c1cc2c([c-]c1-c1ccccc1)Cc1cc(-c3ccccc3)c(C(C)(C)C)cc1-2.[C-]1=CC=CC1.[Cl-].[Cl-].[Zr+2]=[C]1CCCC1. The zero-order chi connectivity index (χ0) is 31.3. The third-order valence-electron chi connectivity index (χ3n) is 8.62. The Morgan fingerprint density at radius 1 is 0.652 bits per heavy atom. The van der Waals surface area contributed by atoms with E-state index in [1.807, 2.05) is 12.2 Å². The minimum atomic E-state index is 0. The normalized spacial score (nSPS) is 14.2. The van der Waals surface area contributed by atoms with Crippen LogP contribution in [0.1, 0.15) is 95.9 Å². The molecule has 4 aromatic carbocycles. The van der Waals surface area contributed by atoms with Crippen molar-refractivity contribution >= 4 is 3.21 Å². The second kappa shape index (κ2) is 16.7. The zero-order valence-electron chi connectivity index (χ0n) is 28.2. The van der Waals surface area contributed by atoms with Crippen molar-refractivity contribution in [2.45, 2.75) is 90.9 Å². The van der Waals surface area contributed by atoms with Crippen LogP contribution in [0.15, 0.2) is 97.1 Å². The standard InChI is InChI=1S/C33H33.C5H8.C5H5.2ClH.Zr/c1-32(2,3)30-20-26-24(18-28(30)22-13-9-7-10-14-22)17-25-19-29(23-15-11-8-12-16-23)31(21-27(25)26)33(4,5)6;2*1-2-4-5-3-1;;;/h7-16,18,20-21H,17H2,1-6H3;1-4H2;1-3H,4H2;2*1H;/q-1;;-1;;;+2/p-2. The van der Waals surface area contributed by atoms with E-state index in [0.717, 1.165) is 12.8 Å². The predicted octanol–water partition coefficient (Wildman–Crippen LogP) is 5.58. The summed E-state index contributed by atoms with van der Waals surface area (Å²) in [6.07, 6.45) is 16.8. The molecule has 0 N–H and O–H groups in total. The van der Waals surface area contributed by atoms with Crippen molar-refractivity contribution < 1.29 is 49.0 Å². The molecule has 0 heterocycles. The van der Waals surface area contributed by atoms with Gasteiger partial charge in [0.05, 0.1) is 0 Å². The molecular formula is C43H46Cl2Zr-2. The Kier molecular flexibility index (Phi) is 13.8. The summed E-state index contributed by atoms with van der Waals surface area (Å²) >= 11 is 1.68. The first kappa shape index (κ1) is 38.1. The molecule has 0 amide bonds. The fourth-order valence-electron chi connectivity index (χ4n) is 6.24. The number of hydrogen-bond acceptors (Lipinski definition) is 0. The van der Waals surface area contributed by atoms with Gasteiger partial charge in [0.2, 0.25) is 0 Å². The van der Waals surface area contributed by atoms with E-state index in [2.05, 4.69) is 139 Å². The summed E-state index contributed by atoms with van der Waals surface area (Å²) in [7, 11) is 0. The molecule has 3 aliphatic rings. The quantitative estimate of drug-likeness (QED) is 0.209. The van der Waals surface area contributed by atoms with Crippen LogP contribution < -0.4 is 24.8 Å². The van der Waals surface area contributed by atoms with Crippen molar-refractivity contribution in [3.05, 3.63) is 131 Å². The van der Waals surface area contributed by atoms with Gasteiger partial charge in [0.15, 0.2) is 0 Å². The van der Waals surface area contributed by atoms with Crippen LogP contribution in [0.3, 0.4) is 0 Å². The monoisotopic (exact) mass is 722 g/mol. The second-order valence-electron chi connectivity index (χ2n) is 14.2. The van der Waals surface area contributed by atoms with E-state index >= 15 is 0 Å². The molecule has 0 radical (unpaired) electrons. The van der Waals surface area contributed by atoms with Gasteiger partial charge in [0.1, 0.15) is 0 Å². The third-order valence-corrected chi connectivity index (χ3v) is 9.85. The summed E-state index contributed by atoms with van der Waals surface area (Å²) < 4.78 is 1.79. The minimum absolute atomic E-state index is 0. The number of fused-ring (bicyclic) bond motifs is 3. The molecule has 1 fully saturated rings. The van der Waals surface area contributed by atoms with Crippen LogP contribution in [0.25, 0.3) is 33.4 Å². The Labute approximate surface area is 306 Å². The van der Waals surface area contributed by atoms with E-state index in [-0.39, 0.29) is 35.6 Å². The van der Waals surface area contributed by atoms with Gasteiger partial charge in [-0.2, -0.15) is 6.08 Å². The molecule has 3 heteroatoms. The molecule has 0 aliphatic heterocycles. The fraction of sp³-hybridized carbons (Fsp3) is 0.326. The van der Waals surface area contributed by atoms with Crippen LogP contribution in [0.2, 0.25) is 0 Å². The Hall–Kier alpha value is -2.31. The van der Waals surface area contributed by atoms with Crippen molar-refractivity contribution in [1.29, 1.82) is 0 Å². The van der Waals surface area contributed by atoms with Crippen molar-refractivity contribution in [1.82, 2.24) is 0 Å². The van der Waals surface area contributed by atoms with E-state index in [1.54, 1.807) is 27.4 Å². The molecular weight excluding hydrogens is 679 g/mol. The third kappa shape index (κ3) is 9.40. The number of allylic oxidation sites excluding steroid dienone is 4. The first-order valence-electron chi connectivity index (χ1n) is 16.2. The fourth-order valence-corrected chi connectivity index (χ4v) is 7.11. The van der Waals surface area contributed by atoms with Gasteiger partial charge in [-0.1, -0.05) is 131 Å². The Balaban J connectivity index is 0.000000374. The molecule has 0 aromatic heterocycles. The van der Waals surface area contributed by atoms with Crippen molar-refractivity contribution in [3.63, 3.8) is 0 Å². The first-order valence-corrected chi connectivity index (χ1v) is 17.4. The molecule has 1 saturated carbocycles. The van der Waals surface area contributed by atoms with Gasteiger partial charge in [0.25, 0.3) is 0 Å². The van der Waals surface area contributed by atoms with Crippen molar-refractivity contribution in [3.8, 4) is 33.4 Å². The zero-order valence-corrected chi connectivity index (χ0v) is 32.2. The van der Waals surface area contributed by atoms with Gasteiger partial charge in [-0.15, -0.1) is 35.2 Å². The predicted molar refractivity (Wildman–Crippen MR) is 187 cm³/mol. The van der Waals surface area contributed by atoms with Crippen LogP contribution in [-0.2, 0) is 41.5 Å². The molecule has 0 atom stereocenters. The van der Waals surface area contributed by atoms with Crippen molar-refractivity contribution in [2.75, 3.05) is 0 Å². The van der Waals surface area contributed by atoms with Gasteiger partial charge in [-0.05, 0) is 39.5 Å². The molecule has 46 heavy (non-hydrogen) atoms. The van der Waals surface area contributed by atoms with Gasteiger partial charge in [-0.25, -0.2) is 12.2 Å². The van der Waals surface area contributed by atoms with Crippen LogP contribution >= 0.6 is 0 Å². The molecule has 7 rings (SSSR count). The number of halogens is 2. The average molecular weight is 725 g/mol. The van der Waals surface area contributed by atoms with E-state index in [1.165, 1.54) is 81.3 Å². The van der Waals surface area contributed by atoms with Gasteiger partial charge in [0, 0.05) is 0 Å². The maximum absolute atomic E-state index is 3.88. The summed E-state index contributed by atoms with van der Waals surface area (Å²) in [6.45, 7) is 13.9. The van der Waals surface area contributed by atoms with E-state index < -0.39 is 0 Å². The van der Waals surface area contributed by atoms with Crippen LogP contribution in [0, 0.1) is 12.1 Å². The molecule has 238 valence electrons. The molecule has 0 nitrogen and oxygen atoms in total. The molecule has 3 aliphatic carbocycles. The Morgan fingerprint density at radius 2 is 1.22 bits per heavy atom. The molecule has 0 spiro atoms. The summed E-state index contributed by atoms with van der Waals surface area (Å²) in [5, 5.41) is 0. The van der Waals surface area contributed by atoms with Crippen molar-refractivity contribution in [2.24, 2.45) is 0 Å². The Bertz CT molecular complexity index is 1540. The topological polar surface area (TPSA) is 0 Å². The number of rotatable bonds is 2. The average Bonchev–Trinajstić information content (AvgIpc) is 3.79. The number of benzene rings is 4. The van der Waals surface area contributed by atoms with Crippen LogP contribution in [0.5, 0.6) is 0 Å². The molecule has 0 bridgehead atoms. The van der Waals surface area contributed by atoms with E-state index in [4.69, 9.17) is 0 Å². The molecule has 4 aromatic rings. The summed E-state index contributed by atoms with van der Waals surface area (Å²) in [4.78, 5) is 0. The van der Waals surface area contributed by atoms with Gasteiger partial charge in [-0.3, -0.25) is 6.08 Å². The summed E-state index contributed by atoms with van der Waals surface area (Å²) in [5.74, 6) is 0. The maximum atomic E-state index is 3.88. The summed E-state index contributed by atoms with van der Waals surface area (Å²) in [6, 6.07) is 32.8. The summed E-state index contributed by atoms with van der Waals surface area (Å²) in [5.41, 5.74) is 13.5. The second-order valence-corrected chi connectivity index (χ2v) is 16.0. The molecule has 0 unspecified atom stereocenters. The van der Waals surface area contributed by atoms with Crippen LogP contribution in [-0.4, -0.2) is 3.21 Å². The van der Waals surface area contributed by atoms with Crippen LogP contribution in [0.4, 0.5) is 0 Å². The van der Waals surface area contributed by atoms with Gasteiger partial charge < -0.3 is 24.8 Å². The van der Waals surface area contributed by atoms with E-state index in [0.29, 0.717) is 0 Å². The number of hydrogen-bond donors (Lipinski definition) is 0. The van der Waals surface area contributed by atoms with E-state index in [9.17, 15) is 0 Å². The first-order chi connectivity index (χ1) is 21.0. The molecule has 0 saturated heterocycles. The Morgan fingerprint density at radius 3 is 1.67 bits per heavy atom.